The third kappa shape index (κ3) is 3.86. The molecule has 0 aromatic heterocycles. The molecule has 1 atom stereocenters. The van der Waals surface area contributed by atoms with Gasteiger partial charge in [-0.2, -0.15) is 0 Å². The van der Waals surface area contributed by atoms with E-state index in [0.717, 1.165) is 19.6 Å². The van der Waals surface area contributed by atoms with E-state index in [4.69, 9.17) is 0 Å². The van der Waals surface area contributed by atoms with Crippen molar-refractivity contribution in [2.75, 3.05) is 25.0 Å². The maximum absolute atomic E-state index is 3.50. The van der Waals surface area contributed by atoms with Crippen molar-refractivity contribution in [1.29, 1.82) is 0 Å². The predicted octanol–water partition coefficient (Wildman–Crippen LogP) is 3.22. The van der Waals surface area contributed by atoms with Gasteiger partial charge in [0, 0.05) is 18.3 Å². The number of nitrogens with one attached hydrogen (secondary N) is 1. The van der Waals surface area contributed by atoms with Crippen molar-refractivity contribution in [1.82, 2.24) is 4.90 Å². The van der Waals surface area contributed by atoms with Crippen LogP contribution in [0.15, 0.2) is 30.3 Å². The molecule has 0 saturated carbocycles. The highest BCUT2D eigenvalue weighted by molar-refractivity contribution is 5.42. The minimum Gasteiger partial charge on any atom is -0.383 e. The first-order valence-corrected chi connectivity index (χ1v) is 6.34. The van der Waals surface area contributed by atoms with Crippen molar-refractivity contribution >= 4 is 5.69 Å². The summed E-state index contributed by atoms with van der Waals surface area (Å²) in [6.45, 7) is 10.0. The first kappa shape index (κ1) is 13.0. The molecule has 0 spiro atoms. The van der Waals surface area contributed by atoms with E-state index in [1.54, 1.807) is 0 Å². The van der Waals surface area contributed by atoms with E-state index in [9.17, 15) is 0 Å². The first-order chi connectivity index (χ1) is 7.81. The van der Waals surface area contributed by atoms with Crippen LogP contribution in [0.2, 0.25) is 0 Å². The second-order valence-electron chi connectivity index (χ2n) is 4.03. The van der Waals surface area contributed by atoms with Gasteiger partial charge >= 0.3 is 0 Å². The van der Waals surface area contributed by atoms with E-state index < -0.39 is 0 Å². The average molecular weight is 220 g/mol. The molecule has 1 aromatic rings. The monoisotopic (exact) mass is 220 g/mol. The van der Waals surface area contributed by atoms with Crippen LogP contribution in [0.4, 0.5) is 5.69 Å². The second-order valence-corrected chi connectivity index (χ2v) is 4.03. The Bertz CT molecular complexity index is 267. The molecule has 0 aliphatic carbocycles. The number of rotatable bonds is 7. The minimum atomic E-state index is 0.634. The van der Waals surface area contributed by atoms with Crippen LogP contribution in [0.5, 0.6) is 0 Å². The van der Waals surface area contributed by atoms with Crippen LogP contribution < -0.4 is 5.32 Å². The summed E-state index contributed by atoms with van der Waals surface area (Å²) in [6.07, 6.45) is 1.20. The molecule has 0 radical (unpaired) electrons. The third-order valence-corrected chi connectivity index (χ3v) is 3.12. The SMILES string of the molecule is CCC(CNc1ccccc1)N(CC)CC. The molecule has 1 aromatic carbocycles. The Morgan fingerprint density at radius 2 is 1.69 bits per heavy atom. The van der Waals surface area contributed by atoms with Gasteiger partial charge in [0.05, 0.1) is 0 Å². The van der Waals surface area contributed by atoms with E-state index in [2.05, 4.69) is 55.3 Å². The molecule has 0 aliphatic rings. The minimum absolute atomic E-state index is 0.634. The zero-order chi connectivity index (χ0) is 11.8. The lowest BCUT2D eigenvalue weighted by Gasteiger charge is -2.29. The summed E-state index contributed by atoms with van der Waals surface area (Å²) in [5.74, 6) is 0. The summed E-state index contributed by atoms with van der Waals surface area (Å²) < 4.78 is 0. The number of likely N-dealkylation sites (N-methyl/N-ethyl adjacent to an activating group) is 1. The Balaban J connectivity index is 2.45. The van der Waals surface area contributed by atoms with Gasteiger partial charge in [0.15, 0.2) is 0 Å². The molecule has 0 heterocycles. The summed E-state index contributed by atoms with van der Waals surface area (Å²) in [5, 5.41) is 3.50. The largest absolute Gasteiger partial charge is 0.383 e. The summed E-state index contributed by atoms with van der Waals surface area (Å²) in [7, 11) is 0. The second kappa shape index (κ2) is 7.29. The Morgan fingerprint density at radius 3 is 2.19 bits per heavy atom. The highest BCUT2D eigenvalue weighted by Crippen LogP contribution is 2.08. The Labute approximate surface area is 99.7 Å². The van der Waals surface area contributed by atoms with Gasteiger partial charge in [-0.3, -0.25) is 4.90 Å². The lowest BCUT2D eigenvalue weighted by atomic mass is 10.2. The van der Waals surface area contributed by atoms with Gasteiger partial charge in [-0.15, -0.1) is 0 Å². The highest BCUT2D eigenvalue weighted by Gasteiger charge is 2.12. The van der Waals surface area contributed by atoms with E-state index >= 15 is 0 Å². The first-order valence-electron chi connectivity index (χ1n) is 6.34. The molecule has 16 heavy (non-hydrogen) atoms. The van der Waals surface area contributed by atoms with Crippen molar-refractivity contribution < 1.29 is 0 Å². The van der Waals surface area contributed by atoms with Crippen LogP contribution in [-0.2, 0) is 0 Å². The van der Waals surface area contributed by atoms with Crippen LogP contribution in [0.25, 0.3) is 0 Å². The number of anilines is 1. The molecular formula is C14H24N2. The summed E-state index contributed by atoms with van der Waals surface area (Å²) in [6, 6.07) is 11.1. The number of hydrogen-bond donors (Lipinski definition) is 1. The lowest BCUT2D eigenvalue weighted by molar-refractivity contribution is 0.220. The predicted molar refractivity (Wildman–Crippen MR) is 71.9 cm³/mol. The van der Waals surface area contributed by atoms with Crippen molar-refractivity contribution in [2.24, 2.45) is 0 Å². The molecule has 90 valence electrons. The van der Waals surface area contributed by atoms with Gasteiger partial charge in [-0.25, -0.2) is 0 Å². The van der Waals surface area contributed by atoms with Crippen molar-refractivity contribution in [2.45, 2.75) is 33.2 Å². The van der Waals surface area contributed by atoms with Crippen molar-refractivity contribution in [3.63, 3.8) is 0 Å². The van der Waals surface area contributed by atoms with Gasteiger partial charge in [0.1, 0.15) is 0 Å². The summed E-state index contributed by atoms with van der Waals surface area (Å²) >= 11 is 0. The number of hydrogen-bond acceptors (Lipinski definition) is 2. The summed E-state index contributed by atoms with van der Waals surface area (Å²) in [4.78, 5) is 2.51. The zero-order valence-corrected chi connectivity index (χ0v) is 10.7. The van der Waals surface area contributed by atoms with E-state index in [-0.39, 0.29) is 0 Å². The van der Waals surface area contributed by atoms with Gasteiger partial charge in [0.2, 0.25) is 0 Å². The quantitative estimate of drug-likeness (QED) is 0.759. The Kier molecular flexibility index (Phi) is 5.94. The molecule has 1 unspecified atom stereocenters. The van der Waals surface area contributed by atoms with Crippen LogP contribution >= 0.6 is 0 Å². The number of nitrogens with zero attached hydrogens (tertiary/aromatic N) is 1. The maximum Gasteiger partial charge on any atom is 0.0340 e. The molecule has 0 fully saturated rings. The van der Waals surface area contributed by atoms with Crippen molar-refractivity contribution in [3.05, 3.63) is 30.3 Å². The van der Waals surface area contributed by atoms with Crippen LogP contribution in [0, 0.1) is 0 Å². The average Bonchev–Trinajstić information content (AvgIpc) is 2.35. The highest BCUT2D eigenvalue weighted by atomic mass is 15.2. The zero-order valence-electron chi connectivity index (χ0n) is 10.7. The molecular weight excluding hydrogens is 196 g/mol. The van der Waals surface area contributed by atoms with Gasteiger partial charge in [0.25, 0.3) is 0 Å². The molecule has 2 nitrogen and oxygen atoms in total. The number of benzene rings is 1. The molecule has 2 heteroatoms. The standard InChI is InChI=1S/C14H24N2/c1-4-14(16(5-2)6-3)12-15-13-10-8-7-9-11-13/h7-11,14-15H,4-6,12H2,1-3H3. The smallest absolute Gasteiger partial charge is 0.0340 e. The topological polar surface area (TPSA) is 15.3 Å². The Hall–Kier alpha value is -1.02. The van der Waals surface area contributed by atoms with E-state index in [1.165, 1.54) is 12.1 Å². The molecule has 1 rings (SSSR count). The van der Waals surface area contributed by atoms with Crippen LogP contribution in [0.3, 0.4) is 0 Å². The fourth-order valence-corrected chi connectivity index (χ4v) is 2.06. The van der Waals surface area contributed by atoms with Gasteiger partial charge < -0.3 is 5.32 Å². The van der Waals surface area contributed by atoms with Crippen molar-refractivity contribution in [3.8, 4) is 0 Å². The molecule has 0 saturated heterocycles. The van der Waals surface area contributed by atoms with Crippen LogP contribution in [0.1, 0.15) is 27.2 Å². The van der Waals surface area contributed by atoms with Crippen LogP contribution in [-0.4, -0.2) is 30.6 Å². The normalized spacial score (nSPS) is 12.8. The molecule has 0 aliphatic heterocycles. The fraction of sp³-hybridized carbons (Fsp3) is 0.571. The van der Waals surface area contributed by atoms with Gasteiger partial charge in [-0.1, -0.05) is 39.0 Å². The number of para-hydroxylation sites is 1. The summed E-state index contributed by atoms with van der Waals surface area (Å²) in [5.41, 5.74) is 1.22. The maximum atomic E-state index is 3.50. The third-order valence-electron chi connectivity index (χ3n) is 3.12. The van der Waals surface area contributed by atoms with Gasteiger partial charge in [-0.05, 0) is 31.6 Å². The lowest BCUT2D eigenvalue weighted by Crippen LogP contribution is -2.39. The molecule has 0 amide bonds. The molecule has 1 N–H and O–H groups in total. The molecule has 0 bridgehead atoms. The fourth-order valence-electron chi connectivity index (χ4n) is 2.06. The van der Waals surface area contributed by atoms with E-state index in [0.29, 0.717) is 6.04 Å². The Morgan fingerprint density at radius 1 is 1.06 bits per heavy atom. The van der Waals surface area contributed by atoms with E-state index in [1.807, 2.05) is 6.07 Å².